The molecule has 3 aromatic carbocycles. The van der Waals surface area contributed by atoms with E-state index >= 15 is 0 Å². The summed E-state index contributed by atoms with van der Waals surface area (Å²) in [5.41, 5.74) is 5.39. The first-order valence-electron chi connectivity index (χ1n) is 9.58. The van der Waals surface area contributed by atoms with Gasteiger partial charge in [0.15, 0.2) is 0 Å². The summed E-state index contributed by atoms with van der Waals surface area (Å²) in [5, 5.41) is 30.5. The highest BCUT2D eigenvalue weighted by Crippen LogP contribution is 2.34. The van der Waals surface area contributed by atoms with E-state index in [4.69, 9.17) is 0 Å². The third kappa shape index (κ3) is 2.80. The second-order valence-electron chi connectivity index (χ2n) is 7.05. The van der Waals surface area contributed by atoms with Crippen molar-refractivity contribution >= 4 is 21.8 Å². The highest BCUT2D eigenvalue weighted by molar-refractivity contribution is 6.09. The second-order valence-corrected chi connectivity index (χ2v) is 7.05. The van der Waals surface area contributed by atoms with Crippen molar-refractivity contribution in [1.29, 1.82) is 15.8 Å². The van der Waals surface area contributed by atoms with Crippen molar-refractivity contribution in [2.75, 3.05) is 0 Å². The Morgan fingerprint density at radius 3 is 2.35 bits per heavy atom. The third-order valence-corrected chi connectivity index (χ3v) is 5.37. The quantitative estimate of drug-likeness (QED) is 0.397. The first-order valence-corrected chi connectivity index (χ1v) is 9.58. The number of fused-ring (bicyclic) bond motifs is 3. The molecule has 0 bridgehead atoms. The molecule has 0 unspecified atom stereocenters. The van der Waals surface area contributed by atoms with Crippen molar-refractivity contribution in [2.45, 2.75) is 0 Å². The van der Waals surface area contributed by atoms with Crippen LogP contribution in [0.5, 0.6) is 0 Å². The molecule has 0 N–H and O–H groups in total. The molecule has 142 valence electrons. The molecule has 0 radical (unpaired) electrons. The van der Waals surface area contributed by atoms with Gasteiger partial charge >= 0.3 is 0 Å². The van der Waals surface area contributed by atoms with Crippen molar-refractivity contribution in [3.05, 3.63) is 95.8 Å². The number of nitrogens with zero attached hydrogens (tertiary/aromatic N) is 5. The van der Waals surface area contributed by atoms with Crippen molar-refractivity contribution in [3.8, 4) is 35.0 Å². The summed E-state index contributed by atoms with van der Waals surface area (Å²) < 4.78 is 2.13. The van der Waals surface area contributed by atoms with E-state index in [2.05, 4.69) is 27.8 Å². The fourth-order valence-corrected chi connectivity index (χ4v) is 4.05. The second kappa shape index (κ2) is 7.16. The fraction of sp³-hybridized carbons (Fsp3) is 0. The molecule has 0 saturated carbocycles. The average molecular weight is 395 g/mol. The van der Waals surface area contributed by atoms with Crippen molar-refractivity contribution < 1.29 is 0 Å². The van der Waals surface area contributed by atoms with Crippen LogP contribution in [0, 0.1) is 34.0 Å². The van der Waals surface area contributed by atoms with E-state index in [-0.39, 0.29) is 5.69 Å². The van der Waals surface area contributed by atoms with Crippen LogP contribution in [0.1, 0.15) is 16.8 Å². The molecule has 0 spiro atoms. The maximum Gasteiger partial charge on any atom is 0.149 e. The molecular weight excluding hydrogens is 382 g/mol. The lowest BCUT2D eigenvalue weighted by Gasteiger charge is -2.11. The van der Waals surface area contributed by atoms with Gasteiger partial charge in [0.05, 0.1) is 34.3 Å². The zero-order valence-electron chi connectivity index (χ0n) is 16.2. The molecule has 0 atom stereocenters. The van der Waals surface area contributed by atoms with Crippen molar-refractivity contribution in [2.24, 2.45) is 0 Å². The molecule has 0 aliphatic rings. The van der Waals surface area contributed by atoms with Crippen LogP contribution in [0.25, 0.3) is 38.6 Å². The summed E-state index contributed by atoms with van der Waals surface area (Å²) in [6, 6.07) is 29.5. The lowest BCUT2D eigenvalue weighted by molar-refractivity contribution is 1.18. The summed E-state index contributed by atoms with van der Waals surface area (Å²) in [5.74, 6) is 0. The van der Waals surface area contributed by atoms with Crippen LogP contribution in [0.2, 0.25) is 0 Å². The smallest absolute Gasteiger partial charge is 0.149 e. The van der Waals surface area contributed by atoms with Crippen LogP contribution in [0.4, 0.5) is 0 Å². The molecule has 0 aliphatic heterocycles. The molecule has 5 nitrogen and oxygen atoms in total. The number of rotatable bonds is 2. The average Bonchev–Trinajstić information content (AvgIpc) is 3.17. The van der Waals surface area contributed by atoms with E-state index in [9.17, 15) is 15.8 Å². The van der Waals surface area contributed by atoms with Gasteiger partial charge in [0.25, 0.3) is 0 Å². The lowest BCUT2D eigenvalue weighted by Crippen LogP contribution is -1.97. The Labute approximate surface area is 178 Å². The topological polar surface area (TPSA) is 89.2 Å². The summed E-state index contributed by atoms with van der Waals surface area (Å²) in [6.07, 6.45) is 1.48. The van der Waals surface area contributed by atoms with Crippen LogP contribution >= 0.6 is 0 Å². The number of para-hydroxylation sites is 1. The highest BCUT2D eigenvalue weighted by Gasteiger charge is 2.16. The summed E-state index contributed by atoms with van der Waals surface area (Å²) in [6.45, 7) is 0. The van der Waals surface area contributed by atoms with Gasteiger partial charge < -0.3 is 4.57 Å². The van der Waals surface area contributed by atoms with E-state index < -0.39 is 0 Å². The number of hydrogen-bond acceptors (Lipinski definition) is 4. The zero-order chi connectivity index (χ0) is 21.4. The van der Waals surface area contributed by atoms with Crippen molar-refractivity contribution in [1.82, 2.24) is 9.55 Å². The molecule has 2 heterocycles. The Balaban J connectivity index is 1.82. The molecule has 5 aromatic rings. The number of nitriles is 3. The van der Waals surface area contributed by atoms with E-state index in [1.54, 1.807) is 6.07 Å². The largest absolute Gasteiger partial charge is 0.309 e. The first-order chi connectivity index (χ1) is 15.2. The Kier molecular flexibility index (Phi) is 4.19. The van der Waals surface area contributed by atoms with Gasteiger partial charge in [0, 0.05) is 28.2 Å². The molecule has 0 saturated heterocycles. The van der Waals surface area contributed by atoms with Crippen LogP contribution in [0.15, 0.2) is 79.0 Å². The van der Waals surface area contributed by atoms with Crippen LogP contribution in [-0.2, 0) is 0 Å². The Hall–Kier alpha value is -4.92. The molecular formula is C26H13N5. The minimum Gasteiger partial charge on any atom is -0.309 e. The minimum absolute atomic E-state index is 0.220. The zero-order valence-corrected chi connectivity index (χ0v) is 16.2. The molecule has 2 aromatic heterocycles. The van der Waals surface area contributed by atoms with Gasteiger partial charge in [-0.3, -0.25) is 0 Å². The normalized spacial score (nSPS) is 10.5. The maximum absolute atomic E-state index is 9.57. The number of aromatic nitrogens is 2. The molecule has 0 aliphatic carbocycles. The first kappa shape index (κ1) is 18.1. The Morgan fingerprint density at radius 2 is 1.55 bits per heavy atom. The van der Waals surface area contributed by atoms with Crippen molar-refractivity contribution in [3.63, 3.8) is 0 Å². The van der Waals surface area contributed by atoms with Gasteiger partial charge in [-0.05, 0) is 48.0 Å². The Morgan fingerprint density at radius 1 is 0.710 bits per heavy atom. The number of pyridine rings is 1. The van der Waals surface area contributed by atoms with Crippen LogP contribution in [-0.4, -0.2) is 9.55 Å². The highest BCUT2D eigenvalue weighted by atomic mass is 15.0. The van der Waals surface area contributed by atoms with E-state index in [0.717, 1.165) is 33.1 Å². The maximum atomic E-state index is 9.57. The molecule has 5 rings (SSSR count). The van der Waals surface area contributed by atoms with Gasteiger partial charge in [0.2, 0.25) is 0 Å². The summed E-state index contributed by atoms with van der Waals surface area (Å²) >= 11 is 0. The molecule has 0 amide bonds. The summed E-state index contributed by atoms with van der Waals surface area (Å²) in [4.78, 5) is 4.14. The number of benzene rings is 3. The van der Waals surface area contributed by atoms with Crippen LogP contribution in [0.3, 0.4) is 0 Å². The van der Waals surface area contributed by atoms with Gasteiger partial charge in [-0.25, -0.2) is 4.98 Å². The minimum atomic E-state index is 0.220. The lowest BCUT2D eigenvalue weighted by atomic mass is 9.98. The van der Waals surface area contributed by atoms with Crippen LogP contribution < -0.4 is 0 Å². The third-order valence-electron chi connectivity index (χ3n) is 5.37. The fourth-order valence-electron chi connectivity index (χ4n) is 4.05. The van der Waals surface area contributed by atoms with Gasteiger partial charge in [0.1, 0.15) is 11.8 Å². The summed E-state index contributed by atoms with van der Waals surface area (Å²) in [7, 11) is 0. The predicted molar refractivity (Wildman–Crippen MR) is 118 cm³/mol. The SMILES string of the molecule is N#Cc1ccc2c(c1)c1ccccc1n2-c1cccc(-c2c(C#N)ccnc2C#N)c1. The standard InChI is InChI=1S/C26H13N5/c27-14-17-8-9-25-22(12-17)21-6-1-2-7-24(21)31(25)20-5-3-4-18(13-20)26-19(15-28)10-11-30-23(26)16-29/h1-13H. The van der Waals surface area contributed by atoms with E-state index in [1.165, 1.54) is 6.20 Å². The molecule has 0 fully saturated rings. The monoisotopic (exact) mass is 395 g/mol. The van der Waals surface area contributed by atoms with E-state index in [0.29, 0.717) is 16.7 Å². The predicted octanol–water partition coefficient (Wildman–Crippen LogP) is 5.46. The van der Waals surface area contributed by atoms with Gasteiger partial charge in [-0.2, -0.15) is 15.8 Å². The number of hydrogen-bond donors (Lipinski definition) is 0. The molecule has 5 heteroatoms. The van der Waals surface area contributed by atoms with Gasteiger partial charge in [-0.1, -0.05) is 30.3 Å². The van der Waals surface area contributed by atoms with Gasteiger partial charge in [-0.15, -0.1) is 0 Å². The van der Waals surface area contributed by atoms with E-state index in [1.807, 2.05) is 66.7 Å². The Bertz CT molecular complexity index is 1590. The molecule has 31 heavy (non-hydrogen) atoms.